The predicted molar refractivity (Wildman–Crippen MR) is 108 cm³/mol. The summed E-state index contributed by atoms with van der Waals surface area (Å²) in [5.41, 5.74) is 2.38. The van der Waals surface area contributed by atoms with E-state index in [9.17, 15) is 14.0 Å². The second-order valence-electron chi connectivity index (χ2n) is 7.40. The summed E-state index contributed by atoms with van der Waals surface area (Å²) in [5, 5.41) is 5.17. The number of nitrogens with one attached hydrogen (secondary N) is 2. The van der Waals surface area contributed by atoms with Crippen molar-refractivity contribution in [3.63, 3.8) is 0 Å². The van der Waals surface area contributed by atoms with Gasteiger partial charge < -0.3 is 10.2 Å². The van der Waals surface area contributed by atoms with Crippen molar-refractivity contribution >= 4 is 17.6 Å². The number of urea groups is 1. The van der Waals surface area contributed by atoms with Crippen LogP contribution in [0.4, 0.5) is 14.9 Å². The van der Waals surface area contributed by atoms with Crippen LogP contribution < -0.4 is 15.5 Å². The number of carbonyl (C=O) groups excluding carboxylic acids is 2. The van der Waals surface area contributed by atoms with Crippen LogP contribution in [-0.4, -0.2) is 56.1 Å². The number of allylic oxidation sites excluding steroid dienone is 1. The Morgan fingerprint density at radius 1 is 1.04 bits per heavy atom. The van der Waals surface area contributed by atoms with E-state index in [0.29, 0.717) is 6.54 Å². The number of anilines is 1. The highest BCUT2D eigenvalue weighted by molar-refractivity contribution is 5.95. The summed E-state index contributed by atoms with van der Waals surface area (Å²) >= 11 is 0. The van der Waals surface area contributed by atoms with Gasteiger partial charge in [0.25, 0.3) is 0 Å². The molecule has 28 heavy (non-hydrogen) atoms. The van der Waals surface area contributed by atoms with E-state index in [4.69, 9.17) is 0 Å². The average molecular weight is 388 g/mol. The van der Waals surface area contributed by atoms with Gasteiger partial charge in [-0.25, -0.2) is 9.18 Å². The number of hydrogen-bond donors (Lipinski definition) is 2. The van der Waals surface area contributed by atoms with Crippen LogP contribution in [-0.2, 0) is 4.79 Å². The number of benzene rings is 1. The number of imide groups is 1. The third-order valence-electron chi connectivity index (χ3n) is 5.30. The van der Waals surface area contributed by atoms with E-state index in [2.05, 4.69) is 21.6 Å². The third-order valence-corrected chi connectivity index (χ3v) is 5.30. The monoisotopic (exact) mass is 388 g/mol. The number of carbonyl (C=O) groups is 2. The first-order valence-corrected chi connectivity index (χ1v) is 10.1. The molecule has 1 heterocycles. The van der Waals surface area contributed by atoms with Gasteiger partial charge in [-0.3, -0.25) is 15.0 Å². The molecule has 152 valence electrons. The highest BCUT2D eigenvalue weighted by Gasteiger charge is 2.20. The minimum absolute atomic E-state index is 0.204. The van der Waals surface area contributed by atoms with Crippen LogP contribution in [0.25, 0.3) is 0 Å². The van der Waals surface area contributed by atoms with Crippen LogP contribution in [0.2, 0.25) is 0 Å². The zero-order valence-electron chi connectivity index (χ0n) is 16.3. The van der Waals surface area contributed by atoms with Crippen molar-refractivity contribution in [2.24, 2.45) is 0 Å². The number of halogens is 1. The molecular formula is C21H29FN4O2. The molecule has 1 aliphatic heterocycles. The molecule has 0 unspecified atom stereocenters. The summed E-state index contributed by atoms with van der Waals surface area (Å²) < 4.78 is 13.0. The lowest BCUT2D eigenvalue weighted by atomic mass is 9.97. The fourth-order valence-electron chi connectivity index (χ4n) is 3.70. The molecular weight excluding hydrogens is 359 g/mol. The van der Waals surface area contributed by atoms with Gasteiger partial charge in [0, 0.05) is 38.4 Å². The molecule has 1 aliphatic carbocycles. The Morgan fingerprint density at radius 2 is 1.79 bits per heavy atom. The van der Waals surface area contributed by atoms with Gasteiger partial charge in [0.05, 0.1) is 6.54 Å². The van der Waals surface area contributed by atoms with Crippen LogP contribution >= 0.6 is 0 Å². The quantitative estimate of drug-likeness (QED) is 0.736. The van der Waals surface area contributed by atoms with Crippen molar-refractivity contribution in [3.8, 4) is 0 Å². The summed E-state index contributed by atoms with van der Waals surface area (Å²) in [6.45, 7) is 3.73. The maximum atomic E-state index is 13.0. The normalized spacial score (nSPS) is 17.8. The Morgan fingerprint density at radius 3 is 2.46 bits per heavy atom. The largest absolute Gasteiger partial charge is 0.369 e. The van der Waals surface area contributed by atoms with E-state index in [1.807, 2.05) is 4.90 Å². The van der Waals surface area contributed by atoms with Crippen molar-refractivity contribution in [1.82, 2.24) is 15.5 Å². The van der Waals surface area contributed by atoms with Gasteiger partial charge >= 0.3 is 6.03 Å². The first-order valence-electron chi connectivity index (χ1n) is 10.1. The highest BCUT2D eigenvalue weighted by Crippen LogP contribution is 2.19. The molecule has 1 fully saturated rings. The molecule has 7 heteroatoms. The van der Waals surface area contributed by atoms with E-state index < -0.39 is 6.03 Å². The number of piperazine rings is 1. The Labute approximate surface area is 165 Å². The first-order chi connectivity index (χ1) is 13.6. The van der Waals surface area contributed by atoms with Crippen LogP contribution in [0, 0.1) is 5.82 Å². The van der Waals surface area contributed by atoms with Crippen LogP contribution in [0.5, 0.6) is 0 Å². The first kappa shape index (κ1) is 20.3. The standard InChI is InChI=1S/C21H29FN4O2/c22-18-6-8-19(9-7-18)26-14-12-25(13-15-26)16-20(27)24-21(28)23-11-10-17-4-2-1-3-5-17/h4,6-9H,1-3,5,10-16H2,(H2,23,24,27,28). The summed E-state index contributed by atoms with van der Waals surface area (Å²) in [5.74, 6) is -0.530. The summed E-state index contributed by atoms with van der Waals surface area (Å²) in [6, 6.07) is 6.03. The zero-order chi connectivity index (χ0) is 19.8. The molecule has 0 saturated carbocycles. The van der Waals surface area contributed by atoms with Crippen molar-refractivity contribution in [2.75, 3.05) is 44.2 Å². The Kier molecular flexibility index (Phi) is 7.42. The number of hydrogen-bond acceptors (Lipinski definition) is 4. The molecule has 3 rings (SSSR count). The molecule has 1 aromatic carbocycles. The van der Waals surface area contributed by atoms with E-state index in [1.165, 1.54) is 30.5 Å². The maximum absolute atomic E-state index is 13.0. The molecule has 0 bridgehead atoms. The van der Waals surface area contributed by atoms with Crippen molar-refractivity contribution in [3.05, 3.63) is 41.7 Å². The Balaban J connectivity index is 1.32. The Bertz CT molecular complexity index is 697. The lowest BCUT2D eigenvalue weighted by Gasteiger charge is -2.35. The Hall–Kier alpha value is -2.41. The fraction of sp³-hybridized carbons (Fsp3) is 0.524. The molecule has 1 saturated heterocycles. The van der Waals surface area contributed by atoms with Crippen molar-refractivity contribution in [2.45, 2.75) is 32.1 Å². The van der Waals surface area contributed by atoms with Crippen LogP contribution in [0.15, 0.2) is 35.9 Å². The molecule has 2 aliphatic rings. The van der Waals surface area contributed by atoms with E-state index in [0.717, 1.165) is 51.1 Å². The second-order valence-corrected chi connectivity index (χ2v) is 7.40. The van der Waals surface area contributed by atoms with Gasteiger partial charge in [0.1, 0.15) is 5.82 Å². The topological polar surface area (TPSA) is 64.7 Å². The minimum Gasteiger partial charge on any atom is -0.369 e. The molecule has 0 spiro atoms. The van der Waals surface area contributed by atoms with E-state index >= 15 is 0 Å². The van der Waals surface area contributed by atoms with E-state index in [-0.39, 0.29) is 18.3 Å². The third kappa shape index (κ3) is 6.34. The van der Waals surface area contributed by atoms with Gasteiger partial charge in [-0.05, 0) is 56.4 Å². The van der Waals surface area contributed by atoms with Gasteiger partial charge in [-0.2, -0.15) is 0 Å². The zero-order valence-corrected chi connectivity index (χ0v) is 16.3. The number of nitrogens with zero attached hydrogens (tertiary/aromatic N) is 2. The second kappa shape index (κ2) is 10.2. The van der Waals surface area contributed by atoms with Gasteiger partial charge in [0.2, 0.25) is 5.91 Å². The highest BCUT2D eigenvalue weighted by atomic mass is 19.1. The predicted octanol–water partition coefficient (Wildman–Crippen LogP) is 2.66. The molecule has 3 amide bonds. The SMILES string of the molecule is O=C(CN1CCN(c2ccc(F)cc2)CC1)NC(=O)NCCC1=CCCCC1. The van der Waals surface area contributed by atoms with Gasteiger partial charge in [0.15, 0.2) is 0 Å². The molecule has 2 N–H and O–H groups in total. The minimum atomic E-state index is -0.425. The van der Waals surface area contributed by atoms with Gasteiger partial charge in [-0.1, -0.05) is 11.6 Å². The molecule has 0 aromatic heterocycles. The average Bonchev–Trinajstić information content (AvgIpc) is 2.70. The summed E-state index contributed by atoms with van der Waals surface area (Å²) in [7, 11) is 0. The van der Waals surface area contributed by atoms with Crippen LogP contribution in [0.3, 0.4) is 0 Å². The van der Waals surface area contributed by atoms with Crippen molar-refractivity contribution in [1.29, 1.82) is 0 Å². The van der Waals surface area contributed by atoms with Crippen molar-refractivity contribution < 1.29 is 14.0 Å². The number of rotatable bonds is 6. The summed E-state index contributed by atoms with van der Waals surface area (Å²) in [4.78, 5) is 28.2. The molecule has 6 nitrogen and oxygen atoms in total. The lowest BCUT2D eigenvalue weighted by molar-refractivity contribution is -0.121. The lowest BCUT2D eigenvalue weighted by Crippen LogP contribution is -2.51. The van der Waals surface area contributed by atoms with Crippen LogP contribution in [0.1, 0.15) is 32.1 Å². The smallest absolute Gasteiger partial charge is 0.321 e. The molecule has 0 radical (unpaired) electrons. The molecule has 1 aromatic rings. The van der Waals surface area contributed by atoms with E-state index in [1.54, 1.807) is 12.1 Å². The fourth-order valence-corrected chi connectivity index (χ4v) is 3.70. The van der Waals surface area contributed by atoms with Gasteiger partial charge in [-0.15, -0.1) is 0 Å². The number of amides is 3. The summed E-state index contributed by atoms with van der Waals surface area (Å²) in [6.07, 6.45) is 7.85. The molecule has 0 atom stereocenters. The maximum Gasteiger partial charge on any atom is 0.321 e.